The lowest BCUT2D eigenvalue weighted by Gasteiger charge is -2.26. The zero-order valence-electron chi connectivity index (χ0n) is 11.2. The van der Waals surface area contributed by atoms with Crippen molar-refractivity contribution in [3.8, 4) is 5.75 Å². The number of hydrogen-bond donors (Lipinski definition) is 0. The Kier molecular flexibility index (Phi) is 3.42. The van der Waals surface area contributed by atoms with E-state index in [9.17, 15) is 8.42 Å². The highest BCUT2D eigenvalue weighted by Crippen LogP contribution is 2.37. The molecule has 0 saturated heterocycles. The Hall–Kier alpha value is -1.20. The molecular weight excluding hydrogens is 298 g/mol. The summed E-state index contributed by atoms with van der Waals surface area (Å²) in [5.41, 5.74) is 0.857. The molecule has 1 aromatic carbocycles. The molecule has 0 spiro atoms. The van der Waals surface area contributed by atoms with Crippen LogP contribution < -0.4 is 4.74 Å². The van der Waals surface area contributed by atoms with Crippen LogP contribution in [0.2, 0.25) is 0 Å². The minimum atomic E-state index is -3.79. The Bertz CT molecular complexity index is 747. The predicted octanol–water partition coefficient (Wildman–Crippen LogP) is 3.38. The summed E-state index contributed by atoms with van der Waals surface area (Å²) < 4.78 is 30.9. The number of aromatic nitrogens is 1. The van der Waals surface area contributed by atoms with Crippen molar-refractivity contribution in [2.75, 3.05) is 7.11 Å². The van der Waals surface area contributed by atoms with Gasteiger partial charge in [0.25, 0.3) is 9.05 Å². The van der Waals surface area contributed by atoms with E-state index < -0.39 is 9.05 Å². The van der Waals surface area contributed by atoms with Crippen LogP contribution in [0.25, 0.3) is 10.9 Å². The highest BCUT2D eigenvalue weighted by molar-refractivity contribution is 8.14. The second kappa shape index (κ2) is 4.97. The van der Waals surface area contributed by atoms with Crippen LogP contribution in [0.4, 0.5) is 0 Å². The summed E-state index contributed by atoms with van der Waals surface area (Å²) in [5, 5.41) is 0.573. The summed E-state index contributed by atoms with van der Waals surface area (Å²) in [6, 6.07) is 5.52. The van der Waals surface area contributed by atoms with E-state index in [1.807, 2.05) is 16.7 Å². The van der Waals surface area contributed by atoms with Crippen molar-refractivity contribution >= 4 is 30.6 Å². The van der Waals surface area contributed by atoms with E-state index in [0.29, 0.717) is 17.1 Å². The number of halogens is 1. The number of methoxy groups -OCH3 is 1. The average molecular weight is 314 g/mol. The molecule has 0 radical (unpaired) electrons. The standard InChI is InChI=1S/C14H16ClNO3S/c1-19-12-7-3-6-11-14(12)13(20(15,17)18)9-16(11)8-10-4-2-5-10/h3,6-7,9-10H,2,4-5,8H2,1H3. The third-order valence-corrected chi connectivity index (χ3v) is 5.33. The van der Waals surface area contributed by atoms with Crippen LogP contribution in [-0.2, 0) is 15.6 Å². The predicted molar refractivity (Wildman–Crippen MR) is 78.9 cm³/mol. The van der Waals surface area contributed by atoms with Crippen molar-refractivity contribution in [3.05, 3.63) is 24.4 Å². The van der Waals surface area contributed by atoms with Gasteiger partial charge in [0.15, 0.2) is 0 Å². The zero-order valence-corrected chi connectivity index (χ0v) is 12.7. The van der Waals surface area contributed by atoms with Gasteiger partial charge in [0, 0.05) is 23.4 Å². The summed E-state index contributed by atoms with van der Waals surface area (Å²) in [5.74, 6) is 1.16. The Labute approximate surface area is 122 Å². The molecule has 6 heteroatoms. The van der Waals surface area contributed by atoms with Crippen LogP contribution in [0.1, 0.15) is 19.3 Å². The van der Waals surface area contributed by atoms with E-state index in [1.165, 1.54) is 26.4 Å². The Morgan fingerprint density at radius 3 is 2.70 bits per heavy atom. The quantitative estimate of drug-likeness (QED) is 0.813. The summed E-state index contributed by atoms with van der Waals surface area (Å²) in [4.78, 5) is 0.131. The van der Waals surface area contributed by atoms with Gasteiger partial charge in [0.1, 0.15) is 10.6 Å². The normalized spacial score (nSPS) is 16.3. The van der Waals surface area contributed by atoms with Crippen LogP contribution in [0, 0.1) is 5.92 Å². The molecule has 2 aromatic rings. The fourth-order valence-electron chi connectivity index (χ4n) is 2.74. The molecule has 0 unspecified atom stereocenters. The van der Waals surface area contributed by atoms with Gasteiger partial charge >= 0.3 is 0 Å². The minimum absolute atomic E-state index is 0.131. The fraction of sp³-hybridized carbons (Fsp3) is 0.429. The number of fused-ring (bicyclic) bond motifs is 1. The molecule has 0 N–H and O–H groups in total. The summed E-state index contributed by atoms with van der Waals surface area (Å²) in [6.45, 7) is 0.829. The van der Waals surface area contributed by atoms with Gasteiger partial charge in [-0.1, -0.05) is 12.5 Å². The monoisotopic (exact) mass is 313 g/mol. The second-order valence-electron chi connectivity index (χ2n) is 5.23. The first kappa shape index (κ1) is 13.8. The lowest BCUT2D eigenvalue weighted by molar-refractivity contribution is 0.279. The van der Waals surface area contributed by atoms with Crippen molar-refractivity contribution in [2.45, 2.75) is 30.7 Å². The highest BCUT2D eigenvalue weighted by atomic mass is 35.7. The van der Waals surface area contributed by atoms with Gasteiger partial charge in [-0.15, -0.1) is 0 Å². The minimum Gasteiger partial charge on any atom is -0.496 e. The van der Waals surface area contributed by atoms with E-state index in [4.69, 9.17) is 15.4 Å². The first-order valence-corrected chi connectivity index (χ1v) is 8.92. The molecule has 1 saturated carbocycles. The molecule has 3 rings (SSSR count). The number of hydrogen-bond acceptors (Lipinski definition) is 3. The van der Waals surface area contributed by atoms with Gasteiger partial charge in [-0.3, -0.25) is 0 Å². The molecule has 4 nitrogen and oxygen atoms in total. The maximum atomic E-state index is 11.8. The van der Waals surface area contributed by atoms with Crippen molar-refractivity contribution in [2.24, 2.45) is 5.92 Å². The summed E-state index contributed by atoms with van der Waals surface area (Å²) in [6.07, 6.45) is 5.29. The molecule has 108 valence electrons. The molecular formula is C14H16ClNO3S. The highest BCUT2D eigenvalue weighted by Gasteiger charge is 2.24. The molecule has 1 heterocycles. The molecule has 1 aliphatic carbocycles. The van der Waals surface area contributed by atoms with E-state index in [-0.39, 0.29) is 4.90 Å². The van der Waals surface area contributed by atoms with Crippen molar-refractivity contribution < 1.29 is 13.2 Å². The van der Waals surface area contributed by atoms with Crippen LogP contribution in [0.3, 0.4) is 0 Å². The largest absolute Gasteiger partial charge is 0.496 e. The van der Waals surface area contributed by atoms with Crippen molar-refractivity contribution in [1.29, 1.82) is 0 Å². The van der Waals surface area contributed by atoms with Gasteiger partial charge in [0.2, 0.25) is 0 Å². The van der Waals surface area contributed by atoms with Crippen LogP contribution in [0.5, 0.6) is 5.75 Å². The first-order chi connectivity index (χ1) is 9.50. The van der Waals surface area contributed by atoms with Crippen molar-refractivity contribution in [3.63, 3.8) is 0 Å². The van der Waals surface area contributed by atoms with Gasteiger partial charge < -0.3 is 9.30 Å². The average Bonchev–Trinajstić information content (AvgIpc) is 2.72. The molecule has 0 atom stereocenters. The lowest BCUT2D eigenvalue weighted by Crippen LogP contribution is -2.17. The maximum Gasteiger partial charge on any atom is 0.263 e. The molecule has 0 bridgehead atoms. The smallest absolute Gasteiger partial charge is 0.263 e. The Morgan fingerprint density at radius 2 is 2.15 bits per heavy atom. The molecule has 1 fully saturated rings. The van der Waals surface area contributed by atoms with Gasteiger partial charge in [-0.05, 0) is 30.9 Å². The molecule has 0 amide bonds. The second-order valence-corrected chi connectivity index (χ2v) is 7.77. The molecule has 1 aliphatic rings. The molecule has 0 aliphatic heterocycles. The van der Waals surface area contributed by atoms with E-state index in [1.54, 1.807) is 12.3 Å². The Morgan fingerprint density at radius 1 is 1.40 bits per heavy atom. The van der Waals surface area contributed by atoms with Crippen LogP contribution in [0.15, 0.2) is 29.3 Å². The summed E-state index contributed by atoms with van der Waals surface area (Å²) in [7, 11) is 3.30. The van der Waals surface area contributed by atoms with E-state index in [0.717, 1.165) is 12.1 Å². The van der Waals surface area contributed by atoms with Gasteiger partial charge in [0.05, 0.1) is 18.0 Å². The lowest BCUT2D eigenvalue weighted by atomic mass is 9.85. The molecule has 20 heavy (non-hydrogen) atoms. The van der Waals surface area contributed by atoms with Crippen molar-refractivity contribution in [1.82, 2.24) is 4.57 Å². The topological polar surface area (TPSA) is 48.3 Å². The Balaban J connectivity index is 2.21. The van der Waals surface area contributed by atoms with Gasteiger partial charge in [-0.25, -0.2) is 8.42 Å². The number of ether oxygens (including phenoxy) is 1. The van der Waals surface area contributed by atoms with E-state index in [2.05, 4.69) is 0 Å². The number of rotatable bonds is 4. The van der Waals surface area contributed by atoms with E-state index >= 15 is 0 Å². The van der Waals surface area contributed by atoms with Crippen LogP contribution >= 0.6 is 10.7 Å². The fourth-order valence-corrected chi connectivity index (χ4v) is 3.79. The SMILES string of the molecule is COc1cccc2c1c(S(=O)(=O)Cl)cn2CC1CCC1. The third-order valence-electron chi connectivity index (χ3n) is 4.00. The third kappa shape index (κ3) is 2.29. The van der Waals surface area contributed by atoms with Crippen LogP contribution in [-0.4, -0.2) is 20.1 Å². The molecule has 1 aromatic heterocycles. The maximum absolute atomic E-state index is 11.8. The number of benzene rings is 1. The zero-order chi connectivity index (χ0) is 14.3. The number of nitrogens with zero attached hydrogens (tertiary/aromatic N) is 1. The first-order valence-electron chi connectivity index (χ1n) is 6.61. The van der Waals surface area contributed by atoms with Gasteiger partial charge in [-0.2, -0.15) is 0 Å². The summed E-state index contributed by atoms with van der Waals surface area (Å²) >= 11 is 0.